The number of fused-ring (bicyclic) bond motifs is 1. The largest absolute Gasteiger partial charge is 0.506 e. The van der Waals surface area contributed by atoms with Gasteiger partial charge in [-0.2, -0.15) is 0 Å². The summed E-state index contributed by atoms with van der Waals surface area (Å²) in [7, 11) is 0. The molecule has 1 heterocycles. The zero-order valence-electron chi connectivity index (χ0n) is 11.3. The zero-order valence-corrected chi connectivity index (χ0v) is 11.3. The molecule has 3 N–H and O–H groups in total. The Morgan fingerprint density at radius 2 is 2.05 bits per heavy atom. The molecule has 1 aliphatic rings. The van der Waals surface area contributed by atoms with Crippen LogP contribution in [0.25, 0.3) is 22.4 Å². The molecule has 1 fully saturated rings. The highest BCUT2D eigenvalue weighted by atomic mass is 19.1. The number of aromatic nitrogens is 2. The molecule has 1 saturated carbocycles. The van der Waals surface area contributed by atoms with Gasteiger partial charge in [0.2, 0.25) is 0 Å². The van der Waals surface area contributed by atoms with Crippen LogP contribution in [0.1, 0.15) is 18.9 Å². The highest BCUT2D eigenvalue weighted by molar-refractivity contribution is 5.82. The normalized spacial score (nSPS) is 14.7. The van der Waals surface area contributed by atoms with Crippen molar-refractivity contribution in [1.82, 2.24) is 9.55 Å². The number of rotatable bonds is 2. The minimum Gasteiger partial charge on any atom is -0.506 e. The van der Waals surface area contributed by atoms with Gasteiger partial charge in [-0.05, 0) is 43.2 Å². The number of hydrogen-bond donors (Lipinski definition) is 2. The van der Waals surface area contributed by atoms with Crippen LogP contribution < -0.4 is 5.73 Å². The van der Waals surface area contributed by atoms with Crippen LogP contribution in [-0.4, -0.2) is 14.7 Å². The third-order valence-corrected chi connectivity index (χ3v) is 3.87. The van der Waals surface area contributed by atoms with Gasteiger partial charge >= 0.3 is 0 Å². The number of phenolic OH excluding ortho intramolecular Hbond substituents is 1. The molecule has 0 spiro atoms. The van der Waals surface area contributed by atoms with Gasteiger partial charge in [-0.1, -0.05) is 6.07 Å². The topological polar surface area (TPSA) is 64.1 Å². The summed E-state index contributed by atoms with van der Waals surface area (Å²) in [4.78, 5) is 4.45. The third-order valence-electron chi connectivity index (χ3n) is 3.87. The molecular formula is C16H14FN3O. The second-order valence-corrected chi connectivity index (χ2v) is 5.42. The SMILES string of the molecule is Nc1ccc(-c2nc3c(F)cccc3n2C2CC2)cc1O. The molecular weight excluding hydrogens is 269 g/mol. The standard InChI is InChI=1S/C16H14FN3O/c17-11-2-1-3-13-15(11)19-16(20(13)10-5-6-10)9-4-7-12(18)14(21)8-9/h1-4,7-8,10,21H,5-6,18H2. The van der Waals surface area contributed by atoms with Gasteiger partial charge in [0.15, 0.2) is 5.82 Å². The summed E-state index contributed by atoms with van der Waals surface area (Å²) >= 11 is 0. The number of anilines is 1. The van der Waals surface area contributed by atoms with Crippen molar-refractivity contribution in [2.75, 3.05) is 5.73 Å². The van der Waals surface area contributed by atoms with Crippen molar-refractivity contribution in [1.29, 1.82) is 0 Å². The van der Waals surface area contributed by atoms with E-state index in [1.165, 1.54) is 6.07 Å². The first-order valence-electron chi connectivity index (χ1n) is 6.90. The highest BCUT2D eigenvalue weighted by Crippen LogP contribution is 2.42. The Bertz CT molecular complexity index is 852. The quantitative estimate of drug-likeness (QED) is 0.559. The van der Waals surface area contributed by atoms with Gasteiger partial charge in [0.1, 0.15) is 17.1 Å². The Balaban J connectivity index is 2.01. The van der Waals surface area contributed by atoms with Crippen molar-refractivity contribution in [3.8, 4) is 17.1 Å². The first-order valence-corrected chi connectivity index (χ1v) is 6.90. The first-order chi connectivity index (χ1) is 10.1. The average Bonchev–Trinajstić information content (AvgIpc) is 3.22. The zero-order chi connectivity index (χ0) is 14.6. The van der Waals surface area contributed by atoms with E-state index in [0.29, 0.717) is 23.1 Å². The van der Waals surface area contributed by atoms with E-state index >= 15 is 0 Å². The van der Waals surface area contributed by atoms with Crippen molar-refractivity contribution >= 4 is 16.7 Å². The minimum atomic E-state index is -0.326. The highest BCUT2D eigenvalue weighted by Gasteiger charge is 2.29. The van der Waals surface area contributed by atoms with Crippen LogP contribution in [0, 0.1) is 5.82 Å². The fourth-order valence-corrected chi connectivity index (χ4v) is 2.67. The maximum atomic E-state index is 14.0. The summed E-state index contributed by atoms with van der Waals surface area (Å²) in [6.07, 6.45) is 2.13. The van der Waals surface area contributed by atoms with Crippen molar-refractivity contribution < 1.29 is 9.50 Å². The monoisotopic (exact) mass is 283 g/mol. The summed E-state index contributed by atoms with van der Waals surface area (Å²) in [6.45, 7) is 0. The predicted molar refractivity (Wildman–Crippen MR) is 79.5 cm³/mol. The van der Waals surface area contributed by atoms with Gasteiger partial charge in [0.25, 0.3) is 0 Å². The summed E-state index contributed by atoms with van der Waals surface area (Å²) in [5, 5.41) is 9.80. The van der Waals surface area contributed by atoms with E-state index in [1.54, 1.807) is 24.3 Å². The molecule has 1 aliphatic carbocycles. The molecule has 0 atom stereocenters. The first kappa shape index (κ1) is 12.2. The third kappa shape index (κ3) is 1.85. The second kappa shape index (κ2) is 4.22. The van der Waals surface area contributed by atoms with Crippen LogP contribution in [0.3, 0.4) is 0 Å². The Morgan fingerprint density at radius 1 is 1.24 bits per heavy atom. The van der Waals surface area contributed by atoms with Crippen LogP contribution in [-0.2, 0) is 0 Å². The van der Waals surface area contributed by atoms with E-state index in [4.69, 9.17) is 5.73 Å². The molecule has 2 aromatic carbocycles. The smallest absolute Gasteiger partial charge is 0.151 e. The number of para-hydroxylation sites is 1. The Kier molecular flexibility index (Phi) is 2.45. The van der Waals surface area contributed by atoms with Crippen molar-refractivity contribution in [3.63, 3.8) is 0 Å². The van der Waals surface area contributed by atoms with E-state index in [2.05, 4.69) is 9.55 Å². The van der Waals surface area contributed by atoms with E-state index in [1.807, 2.05) is 6.07 Å². The molecule has 0 aliphatic heterocycles. The van der Waals surface area contributed by atoms with Gasteiger partial charge in [0, 0.05) is 11.6 Å². The lowest BCUT2D eigenvalue weighted by molar-refractivity contribution is 0.478. The number of halogens is 1. The number of benzene rings is 2. The van der Waals surface area contributed by atoms with Crippen molar-refractivity contribution in [2.24, 2.45) is 0 Å². The average molecular weight is 283 g/mol. The fraction of sp³-hybridized carbons (Fsp3) is 0.188. The van der Waals surface area contributed by atoms with Crippen LogP contribution in [0.2, 0.25) is 0 Å². The molecule has 4 nitrogen and oxygen atoms in total. The fourth-order valence-electron chi connectivity index (χ4n) is 2.67. The van der Waals surface area contributed by atoms with Crippen molar-refractivity contribution in [3.05, 3.63) is 42.2 Å². The summed E-state index contributed by atoms with van der Waals surface area (Å²) in [5.74, 6) is 0.364. The van der Waals surface area contributed by atoms with E-state index in [-0.39, 0.29) is 11.6 Å². The summed E-state index contributed by atoms with van der Waals surface area (Å²) in [5.41, 5.74) is 7.86. The number of nitrogens with two attached hydrogens (primary N) is 1. The second-order valence-electron chi connectivity index (χ2n) is 5.42. The lowest BCUT2D eigenvalue weighted by Crippen LogP contribution is -1.97. The van der Waals surface area contributed by atoms with Gasteiger partial charge < -0.3 is 15.4 Å². The van der Waals surface area contributed by atoms with Crippen LogP contribution in [0.15, 0.2) is 36.4 Å². The molecule has 0 bridgehead atoms. The van der Waals surface area contributed by atoms with E-state index in [9.17, 15) is 9.50 Å². The van der Waals surface area contributed by atoms with Crippen LogP contribution >= 0.6 is 0 Å². The maximum absolute atomic E-state index is 14.0. The predicted octanol–water partition coefficient (Wildman–Crippen LogP) is 3.47. The van der Waals surface area contributed by atoms with Crippen LogP contribution in [0.4, 0.5) is 10.1 Å². The van der Waals surface area contributed by atoms with Gasteiger partial charge in [-0.15, -0.1) is 0 Å². The molecule has 3 aromatic rings. The summed E-state index contributed by atoms with van der Waals surface area (Å²) in [6, 6.07) is 10.4. The van der Waals surface area contributed by atoms with Gasteiger partial charge in [-0.3, -0.25) is 0 Å². The number of aromatic hydroxyl groups is 1. The van der Waals surface area contributed by atoms with E-state index < -0.39 is 0 Å². The lowest BCUT2D eigenvalue weighted by atomic mass is 10.2. The lowest BCUT2D eigenvalue weighted by Gasteiger charge is -2.08. The van der Waals surface area contributed by atoms with E-state index in [0.717, 1.165) is 23.9 Å². The van der Waals surface area contributed by atoms with Crippen LogP contribution in [0.5, 0.6) is 5.75 Å². The number of imidazole rings is 1. The molecule has 4 rings (SSSR count). The Labute approximate surface area is 120 Å². The minimum absolute atomic E-state index is 0.0161. The molecule has 1 aromatic heterocycles. The Morgan fingerprint density at radius 3 is 2.76 bits per heavy atom. The summed E-state index contributed by atoms with van der Waals surface area (Å²) < 4.78 is 16.0. The molecule has 0 radical (unpaired) electrons. The van der Waals surface area contributed by atoms with Gasteiger partial charge in [-0.25, -0.2) is 9.37 Å². The number of nitrogens with zero attached hydrogens (tertiary/aromatic N) is 2. The molecule has 106 valence electrons. The molecule has 0 unspecified atom stereocenters. The number of nitrogen functional groups attached to an aromatic ring is 1. The van der Waals surface area contributed by atoms with Crippen molar-refractivity contribution in [2.45, 2.75) is 18.9 Å². The molecule has 5 heteroatoms. The van der Waals surface area contributed by atoms with Gasteiger partial charge in [0.05, 0.1) is 11.2 Å². The maximum Gasteiger partial charge on any atom is 0.151 e. The molecule has 0 amide bonds. The Hall–Kier alpha value is -2.56. The molecule has 21 heavy (non-hydrogen) atoms. The number of phenols is 1. The molecule has 0 saturated heterocycles. The number of hydrogen-bond acceptors (Lipinski definition) is 3.